The first kappa shape index (κ1) is 22.3. The van der Waals surface area contributed by atoms with E-state index in [9.17, 15) is 19.2 Å². The summed E-state index contributed by atoms with van der Waals surface area (Å²) in [5.74, 6) is -1.000. The molecule has 2 aliphatic rings. The van der Waals surface area contributed by atoms with Crippen LogP contribution in [-0.4, -0.2) is 90.7 Å². The standard InChI is InChI=1S/C19H23Cl2N5O4/c20-13-7-14(21)9-15(8-13)23-17(28)10-16-19(30)22-1-2-26(16)18(29)11-24-3-5-25(12-27)6-4-24/h7-9,12,16H,1-6,10-11H2,(H,22,30)(H,23,28). The number of nitrogens with one attached hydrogen (secondary N) is 2. The first-order chi connectivity index (χ1) is 14.4. The molecule has 30 heavy (non-hydrogen) atoms. The van der Waals surface area contributed by atoms with Crippen molar-refractivity contribution in [1.82, 2.24) is 20.0 Å². The Morgan fingerprint density at radius 3 is 2.40 bits per heavy atom. The minimum absolute atomic E-state index is 0.141. The van der Waals surface area contributed by atoms with E-state index in [1.807, 2.05) is 4.90 Å². The molecule has 1 atom stereocenters. The zero-order chi connectivity index (χ0) is 21.7. The first-order valence-corrected chi connectivity index (χ1v) is 10.4. The third-order valence-corrected chi connectivity index (χ3v) is 5.53. The highest BCUT2D eigenvalue weighted by atomic mass is 35.5. The number of anilines is 1. The van der Waals surface area contributed by atoms with Crippen LogP contribution < -0.4 is 10.6 Å². The zero-order valence-electron chi connectivity index (χ0n) is 16.3. The van der Waals surface area contributed by atoms with Gasteiger partial charge in [0.1, 0.15) is 6.04 Å². The highest BCUT2D eigenvalue weighted by Crippen LogP contribution is 2.23. The maximum Gasteiger partial charge on any atom is 0.243 e. The summed E-state index contributed by atoms with van der Waals surface area (Å²) in [5, 5.41) is 6.13. The maximum absolute atomic E-state index is 12.9. The predicted octanol–water partition coefficient (Wildman–Crippen LogP) is 0.423. The van der Waals surface area contributed by atoms with E-state index < -0.39 is 11.9 Å². The Morgan fingerprint density at radius 2 is 1.77 bits per heavy atom. The molecule has 2 aliphatic heterocycles. The molecule has 0 spiro atoms. The lowest BCUT2D eigenvalue weighted by Crippen LogP contribution is -2.60. The van der Waals surface area contributed by atoms with Crippen molar-refractivity contribution in [2.45, 2.75) is 12.5 Å². The number of carbonyl (C=O) groups excluding carboxylic acids is 4. The molecule has 9 nitrogen and oxygen atoms in total. The second-order valence-corrected chi connectivity index (χ2v) is 8.09. The largest absolute Gasteiger partial charge is 0.353 e. The summed E-state index contributed by atoms with van der Waals surface area (Å²) in [6.07, 6.45) is 0.622. The van der Waals surface area contributed by atoms with Crippen LogP contribution in [0, 0.1) is 0 Å². The van der Waals surface area contributed by atoms with Crippen LogP contribution in [0.1, 0.15) is 6.42 Å². The van der Waals surface area contributed by atoms with E-state index in [-0.39, 0.29) is 24.8 Å². The van der Waals surface area contributed by atoms with Gasteiger partial charge in [-0.2, -0.15) is 0 Å². The minimum Gasteiger partial charge on any atom is -0.353 e. The topological polar surface area (TPSA) is 102 Å². The molecule has 1 aromatic rings. The van der Waals surface area contributed by atoms with Crippen molar-refractivity contribution in [2.24, 2.45) is 0 Å². The highest BCUT2D eigenvalue weighted by molar-refractivity contribution is 6.35. The lowest BCUT2D eigenvalue weighted by Gasteiger charge is -2.37. The van der Waals surface area contributed by atoms with E-state index in [0.717, 1.165) is 6.41 Å². The normalized spacial score (nSPS) is 19.9. The Bertz CT molecular complexity index is 809. The van der Waals surface area contributed by atoms with Crippen LogP contribution in [0.2, 0.25) is 10.0 Å². The van der Waals surface area contributed by atoms with Gasteiger partial charge < -0.3 is 20.4 Å². The van der Waals surface area contributed by atoms with Crippen molar-refractivity contribution in [3.05, 3.63) is 28.2 Å². The summed E-state index contributed by atoms with van der Waals surface area (Å²) in [6, 6.07) is 3.75. The van der Waals surface area contributed by atoms with Crippen LogP contribution in [0.15, 0.2) is 18.2 Å². The van der Waals surface area contributed by atoms with Crippen molar-refractivity contribution in [2.75, 3.05) is 51.1 Å². The Hall–Kier alpha value is -2.36. The monoisotopic (exact) mass is 455 g/mol. The number of piperazine rings is 2. The van der Waals surface area contributed by atoms with Gasteiger partial charge in [0.15, 0.2) is 0 Å². The Kier molecular flexibility index (Phi) is 7.52. The van der Waals surface area contributed by atoms with Crippen LogP contribution in [-0.2, 0) is 19.2 Å². The van der Waals surface area contributed by atoms with E-state index in [4.69, 9.17) is 23.2 Å². The lowest BCUT2D eigenvalue weighted by molar-refractivity contribution is -0.145. The van der Waals surface area contributed by atoms with Crippen molar-refractivity contribution < 1.29 is 19.2 Å². The van der Waals surface area contributed by atoms with E-state index >= 15 is 0 Å². The Morgan fingerprint density at radius 1 is 1.10 bits per heavy atom. The fourth-order valence-corrected chi connectivity index (χ4v) is 4.06. The first-order valence-electron chi connectivity index (χ1n) is 9.60. The Balaban J connectivity index is 1.61. The van der Waals surface area contributed by atoms with Crippen molar-refractivity contribution in [3.8, 4) is 0 Å². The van der Waals surface area contributed by atoms with E-state index in [1.165, 1.54) is 4.90 Å². The van der Waals surface area contributed by atoms with Gasteiger partial charge in [0.25, 0.3) is 0 Å². The van der Waals surface area contributed by atoms with Gasteiger partial charge >= 0.3 is 0 Å². The second kappa shape index (κ2) is 10.1. The molecule has 0 aromatic heterocycles. The highest BCUT2D eigenvalue weighted by Gasteiger charge is 2.35. The average Bonchev–Trinajstić information content (AvgIpc) is 2.69. The van der Waals surface area contributed by atoms with Gasteiger partial charge in [-0.1, -0.05) is 23.2 Å². The predicted molar refractivity (Wildman–Crippen MR) is 112 cm³/mol. The number of nitrogens with zero attached hydrogens (tertiary/aromatic N) is 3. The minimum atomic E-state index is -0.892. The molecular formula is C19H23Cl2N5O4. The summed E-state index contributed by atoms with van der Waals surface area (Å²) in [7, 11) is 0. The molecule has 11 heteroatoms. The zero-order valence-corrected chi connectivity index (χ0v) is 17.8. The van der Waals surface area contributed by atoms with Gasteiger partial charge in [0, 0.05) is 55.0 Å². The third kappa shape index (κ3) is 5.84. The van der Waals surface area contributed by atoms with E-state index in [2.05, 4.69) is 10.6 Å². The summed E-state index contributed by atoms with van der Waals surface area (Å²) >= 11 is 11.9. The van der Waals surface area contributed by atoms with Crippen LogP contribution in [0.4, 0.5) is 5.69 Å². The van der Waals surface area contributed by atoms with Crippen LogP contribution in [0.3, 0.4) is 0 Å². The fraction of sp³-hybridized carbons (Fsp3) is 0.474. The lowest BCUT2D eigenvalue weighted by atomic mass is 10.1. The van der Waals surface area contributed by atoms with Crippen molar-refractivity contribution >= 4 is 53.0 Å². The average molecular weight is 456 g/mol. The van der Waals surface area contributed by atoms with Gasteiger partial charge in [-0.05, 0) is 18.2 Å². The summed E-state index contributed by atoms with van der Waals surface area (Å²) < 4.78 is 0. The number of hydrogen-bond donors (Lipinski definition) is 2. The second-order valence-electron chi connectivity index (χ2n) is 7.22. The number of carbonyl (C=O) groups is 4. The quantitative estimate of drug-likeness (QED) is 0.605. The number of benzene rings is 1. The van der Waals surface area contributed by atoms with Gasteiger partial charge in [-0.15, -0.1) is 0 Å². The van der Waals surface area contributed by atoms with Gasteiger partial charge in [0.2, 0.25) is 24.1 Å². The van der Waals surface area contributed by atoms with Crippen LogP contribution >= 0.6 is 23.2 Å². The van der Waals surface area contributed by atoms with Gasteiger partial charge in [0.05, 0.1) is 13.0 Å². The van der Waals surface area contributed by atoms with Gasteiger partial charge in [-0.3, -0.25) is 24.1 Å². The van der Waals surface area contributed by atoms with Crippen LogP contribution in [0.5, 0.6) is 0 Å². The molecule has 0 radical (unpaired) electrons. The molecule has 2 saturated heterocycles. The molecule has 162 valence electrons. The molecule has 3 rings (SSSR count). The fourth-order valence-electron chi connectivity index (χ4n) is 3.54. The van der Waals surface area contributed by atoms with Gasteiger partial charge in [-0.25, -0.2) is 0 Å². The molecule has 0 aliphatic carbocycles. The summed E-state index contributed by atoms with van der Waals surface area (Å²) in [6.45, 7) is 3.11. The summed E-state index contributed by atoms with van der Waals surface area (Å²) in [4.78, 5) is 53.6. The van der Waals surface area contributed by atoms with E-state index in [1.54, 1.807) is 23.1 Å². The van der Waals surface area contributed by atoms with Crippen LogP contribution in [0.25, 0.3) is 0 Å². The molecule has 1 unspecified atom stereocenters. The molecule has 2 fully saturated rings. The molecule has 2 heterocycles. The SMILES string of the molecule is O=CN1CCN(CC(=O)N2CCNC(=O)C2CC(=O)Nc2cc(Cl)cc(Cl)c2)CC1. The third-order valence-electron chi connectivity index (χ3n) is 5.09. The summed E-state index contributed by atoms with van der Waals surface area (Å²) in [5.41, 5.74) is 0.416. The Labute approximate surface area is 184 Å². The molecule has 0 bridgehead atoms. The van der Waals surface area contributed by atoms with E-state index in [0.29, 0.717) is 55.0 Å². The molecule has 1 aromatic carbocycles. The molecular weight excluding hydrogens is 433 g/mol. The maximum atomic E-state index is 12.9. The molecule has 0 saturated carbocycles. The van der Waals surface area contributed by atoms with Crippen molar-refractivity contribution in [1.29, 1.82) is 0 Å². The number of amides is 4. The number of hydrogen-bond acceptors (Lipinski definition) is 5. The molecule has 4 amide bonds. The van der Waals surface area contributed by atoms with Crippen molar-refractivity contribution in [3.63, 3.8) is 0 Å². The number of rotatable bonds is 6. The molecule has 2 N–H and O–H groups in total. The smallest absolute Gasteiger partial charge is 0.243 e. The number of halogens is 2.